The van der Waals surface area contributed by atoms with Gasteiger partial charge in [0.2, 0.25) is 5.91 Å². The first kappa shape index (κ1) is 16.1. The molecule has 4 aromatic rings. The number of furan rings is 1. The van der Waals surface area contributed by atoms with E-state index in [4.69, 9.17) is 4.42 Å². The molecule has 1 aromatic carbocycles. The SMILES string of the molecule is C[C@@H](NC(=O)C[C@@H]1C[C@@H]1c1nc2ccccc2[nH]1)c1cc2cnccc2o1. The number of nitrogens with zero attached hydrogens (tertiary/aromatic N) is 2. The van der Waals surface area contributed by atoms with Crippen molar-refractivity contribution in [2.75, 3.05) is 0 Å². The molecule has 1 aliphatic rings. The minimum Gasteiger partial charge on any atom is -0.459 e. The van der Waals surface area contributed by atoms with Gasteiger partial charge in [-0.1, -0.05) is 12.1 Å². The summed E-state index contributed by atoms with van der Waals surface area (Å²) in [6.45, 7) is 1.94. The molecule has 0 aliphatic heterocycles. The fourth-order valence-electron chi connectivity index (χ4n) is 3.68. The number of H-pyrrole nitrogens is 1. The van der Waals surface area contributed by atoms with E-state index in [0.717, 1.165) is 40.0 Å². The number of carbonyl (C=O) groups excluding carboxylic acids is 1. The number of pyridine rings is 1. The number of rotatable bonds is 5. The minimum atomic E-state index is -0.173. The zero-order valence-corrected chi connectivity index (χ0v) is 15.0. The molecule has 0 radical (unpaired) electrons. The maximum atomic E-state index is 12.4. The number of imidazole rings is 1. The summed E-state index contributed by atoms with van der Waals surface area (Å²) in [6, 6.07) is 11.6. The second-order valence-corrected chi connectivity index (χ2v) is 7.30. The second kappa shape index (κ2) is 6.23. The van der Waals surface area contributed by atoms with Crippen LogP contribution in [0.4, 0.5) is 0 Å². The molecule has 1 saturated carbocycles. The molecule has 0 bridgehead atoms. The molecule has 27 heavy (non-hydrogen) atoms. The van der Waals surface area contributed by atoms with Crippen LogP contribution in [0.2, 0.25) is 0 Å². The molecule has 1 aliphatic carbocycles. The largest absolute Gasteiger partial charge is 0.459 e. The van der Waals surface area contributed by atoms with Crippen molar-refractivity contribution < 1.29 is 9.21 Å². The van der Waals surface area contributed by atoms with E-state index < -0.39 is 0 Å². The Morgan fingerprint density at radius 2 is 2.26 bits per heavy atom. The van der Waals surface area contributed by atoms with E-state index in [2.05, 4.69) is 20.3 Å². The summed E-state index contributed by atoms with van der Waals surface area (Å²) in [5.41, 5.74) is 2.82. The lowest BCUT2D eigenvalue weighted by molar-refractivity contribution is -0.122. The summed E-state index contributed by atoms with van der Waals surface area (Å²) in [5, 5.41) is 3.99. The standard InChI is InChI=1S/C21H20N4O2/c1-12(19-9-14-11-22-7-6-18(14)27-19)23-20(26)10-13-8-15(13)21-24-16-4-2-3-5-17(16)25-21/h2-7,9,11-13,15H,8,10H2,1H3,(H,23,26)(H,24,25)/t12-,13+,15+/m1/s1. The Morgan fingerprint density at radius 3 is 3.11 bits per heavy atom. The first-order valence-corrected chi connectivity index (χ1v) is 9.25. The van der Waals surface area contributed by atoms with Gasteiger partial charge in [0, 0.05) is 30.1 Å². The van der Waals surface area contributed by atoms with E-state index in [0.29, 0.717) is 18.3 Å². The summed E-state index contributed by atoms with van der Waals surface area (Å²) in [7, 11) is 0. The van der Waals surface area contributed by atoms with Crippen molar-refractivity contribution in [1.29, 1.82) is 0 Å². The highest BCUT2D eigenvalue weighted by Gasteiger charge is 2.41. The Bertz CT molecular complexity index is 1060. The number of para-hydroxylation sites is 2. The second-order valence-electron chi connectivity index (χ2n) is 7.30. The lowest BCUT2D eigenvalue weighted by atomic mass is 10.2. The highest BCUT2D eigenvalue weighted by Crippen LogP contribution is 2.48. The van der Waals surface area contributed by atoms with Gasteiger partial charge in [-0.05, 0) is 43.5 Å². The summed E-state index contributed by atoms with van der Waals surface area (Å²) in [4.78, 5) is 24.6. The van der Waals surface area contributed by atoms with Crippen molar-refractivity contribution in [3.63, 3.8) is 0 Å². The molecule has 5 rings (SSSR count). The third kappa shape index (κ3) is 3.07. The molecule has 3 heterocycles. The van der Waals surface area contributed by atoms with Crippen molar-refractivity contribution >= 4 is 27.9 Å². The van der Waals surface area contributed by atoms with Crippen LogP contribution < -0.4 is 5.32 Å². The van der Waals surface area contributed by atoms with Crippen molar-refractivity contribution in [2.24, 2.45) is 5.92 Å². The van der Waals surface area contributed by atoms with Crippen LogP contribution in [0.25, 0.3) is 22.0 Å². The Morgan fingerprint density at radius 1 is 1.37 bits per heavy atom. The van der Waals surface area contributed by atoms with Gasteiger partial charge >= 0.3 is 0 Å². The smallest absolute Gasteiger partial charge is 0.220 e. The topological polar surface area (TPSA) is 83.8 Å². The Hall–Kier alpha value is -3.15. The first-order valence-electron chi connectivity index (χ1n) is 9.25. The number of benzene rings is 1. The number of nitrogens with one attached hydrogen (secondary N) is 2. The van der Waals surface area contributed by atoms with Gasteiger partial charge in [0.25, 0.3) is 0 Å². The molecular formula is C21H20N4O2. The van der Waals surface area contributed by atoms with Gasteiger partial charge in [-0.3, -0.25) is 9.78 Å². The van der Waals surface area contributed by atoms with Crippen LogP contribution in [0.5, 0.6) is 0 Å². The molecule has 3 atom stereocenters. The van der Waals surface area contributed by atoms with Crippen LogP contribution >= 0.6 is 0 Å². The average Bonchev–Trinajstić information content (AvgIpc) is 3.11. The van der Waals surface area contributed by atoms with Gasteiger partial charge in [-0.25, -0.2) is 4.98 Å². The number of aromatic nitrogens is 3. The molecular weight excluding hydrogens is 340 g/mol. The highest BCUT2D eigenvalue weighted by molar-refractivity contribution is 5.79. The van der Waals surface area contributed by atoms with Crippen LogP contribution in [0.1, 0.15) is 43.3 Å². The zero-order valence-electron chi connectivity index (χ0n) is 15.0. The van der Waals surface area contributed by atoms with Crippen LogP contribution in [0, 0.1) is 5.92 Å². The maximum absolute atomic E-state index is 12.4. The fraction of sp³-hybridized carbons (Fsp3) is 0.286. The number of carbonyl (C=O) groups is 1. The number of aromatic amines is 1. The molecule has 136 valence electrons. The van der Waals surface area contributed by atoms with E-state index >= 15 is 0 Å². The number of hydrogen-bond acceptors (Lipinski definition) is 4. The third-order valence-electron chi connectivity index (χ3n) is 5.27. The Kier molecular flexibility index (Phi) is 3.70. The Labute approximate surface area is 156 Å². The first-order chi connectivity index (χ1) is 13.2. The van der Waals surface area contributed by atoms with Crippen LogP contribution in [0.15, 0.2) is 53.2 Å². The third-order valence-corrected chi connectivity index (χ3v) is 5.27. The number of hydrogen-bond donors (Lipinski definition) is 2. The fourth-order valence-corrected chi connectivity index (χ4v) is 3.68. The Balaban J connectivity index is 1.21. The van der Waals surface area contributed by atoms with Crippen LogP contribution in [0.3, 0.4) is 0 Å². The summed E-state index contributed by atoms with van der Waals surface area (Å²) in [5.74, 6) is 2.47. The molecule has 6 heteroatoms. The van der Waals surface area contributed by atoms with E-state index in [1.807, 2.05) is 43.3 Å². The van der Waals surface area contributed by atoms with E-state index in [1.165, 1.54) is 0 Å². The lowest BCUT2D eigenvalue weighted by Gasteiger charge is -2.11. The van der Waals surface area contributed by atoms with Crippen molar-refractivity contribution in [3.8, 4) is 0 Å². The molecule has 2 N–H and O–H groups in total. The number of amides is 1. The minimum absolute atomic E-state index is 0.0460. The predicted octanol–water partition coefficient (Wildman–Crippen LogP) is 4.08. The van der Waals surface area contributed by atoms with Crippen LogP contribution in [-0.4, -0.2) is 20.9 Å². The molecule has 1 fully saturated rings. The molecule has 0 saturated heterocycles. The lowest BCUT2D eigenvalue weighted by Crippen LogP contribution is -2.26. The van der Waals surface area contributed by atoms with Crippen molar-refractivity contribution in [3.05, 3.63) is 60.4 Å². The molecule has 6 nitrogen and oxygen atoms in total. The van der Waals surface area contributed by atoms with E-state index in [-0.39, 0.29) is 11.9 Å². The monoisotopic (exact) mass is 360 g/mol. The summed E-state index contributed by atoms with van der Waals surface area (Å²) >= 11 is 0. The molecule has 0 spiro atoms. The van der Waals surface area contributed by atoms with E-state index in [1.54, 1.807) is 12.4 Å². The zero-order chi connectivity index (χ0) is 18.4. The maximum Gasteiger partial charge on any atom is 0.220 e. The predicted molar refractivity (Wildman–Crippen MR) is 102 cm³/mol. The van der Waals surface area contributed by atoms with Gasteiger partial charge in [-0.15, -0.1) is 0 Å². The van der Waals surface area contributed by atoms with E-state index in [9.17, 15) is 4.79 Å². The average molecular weight is 360 g/mol. The molecule has 1 amide bonds. The quantitative estimate of drug-likeness (QED) is 0.562. The number of fused-ring (bicyclic) bond motifs is 2. The summed E-state index contributed by atoms with van der Waals surface area (Å²) < 4.78 is 5.81. The van der Waals surface area contributed by atoms with Gasteiger partial charge in [-0.2, -0.15) is 0 Å². The van der Waals surface area contributed by atoms with Gasteiger partial charge < -0.3 is 14.7 Å². The van der Waals surface area contributed by atoms with Gasteiger partial charge in [0.15, 0.2) is 0 Å². The van der Waals surface area contributed by atoms with Crippen LogP contribution in [-0.2, 0) is 4.79 Å². The highest BCUT2D eigenvalue weighted by atomic mass is 16.3. The van der Waals surface area contributed by atoms with Crippen molar-refractivity contribution in [2.45, 2.75) is 31.7 Å². The normalized spacial score (nSPS) is 20.0. The van der Waals surface area contributed by atoms with Gasteiger partial charge in [0.05, 0.1) is 17.1 Å². The summed E-state index contributed by atoms with van der Waals surface area (Å²) in [6.07, 6.45) is 4.97. The molecule has 0 unspecified atom stereocenters. The molecule has 3 aromatic heterocycles. The van der Waals surface area contributed by atoms with Gasteiger partial charge in [0.1, 0.15) is 17.2 Å². The van der Waals surface area contributed by atoms with Crippen molar-refractivity contribution in [1.82, 2.24) is 20.3 Å².